The van der Waals surface area contributed by atoms with Crippen molar-refractivity contribution in [2.45, 2.75) is 18.9 Å². The Kier molecular flexibility index (Phi) is 3.06. The molecule has 0 saturated carbocycles. The fourth-order valence-corrected chi connectivity index (χ4v) is 2.66. The number of aromatic nitrogens is 2. The number of halogens is 2. The van der Waals surface area contributed by atoms with Gasteiger partial charge in [-0.25, -0.2) is 8.78 Å². The Bertz CT molecular complexity index is 601. The maximum atomic E-state index is 13.4. The number of hydrogen-bond donors (Lipinski definition) is 1. The molecule has 1 aliphatic heterocycles. The smallest absolute Gasteiger partial charge is 0.159 e. The molecule has 0 spiro atoms. The van der Waals surface area contributed by atoms with E-state index >= 15 is 0 Å². The van der Waals surface area contributed by atoms with Gasteiger partial charge in [-0.3, -0.25) is 4.68 Å². The fraction of sp³-hybridized carbons (Fsp3) is 0.357. The average molecular weight is 263 g/mol. The van der Waals surface area contributed by atoms with Crippen molar-refractivity contribution in [1.29, 1.82) is 0 Å². The van der Waals surface area contributed by atoms with E-state index in [-0.39, 0.29) is 6.04 Å². The van der Waals surface area contributed by atoms with E-state index in [1.54, 1.807) is 16.9 Å². The molecule has 1 unspecified atom stereocenters. The molecule has 5 heteroatoms. The van der Waals surface area contributed by atoms with Crippen molar-refractivity contribution in [3.8, 4) is 11.1 Å². The molecule has 2 aromatic rings. The molecule has 3 rings (SSSR count). The molecule has 100 valence electrons. The first kappa shape index (κ1) is 12.3. The van der Waals surface area contributed by atoms with Gasteiger partial charge in [-0.2, -0.15) is 5.10 Å². The van der Waals surface area contributed by atoms with Crippen LogP contribution in [0.5, 0.6) is 0 Å². The van der Waals surface area contributed by atoms with Crippen LogP contribution in [0.3, 0.4) is 0 Å². The van der Waals surface area contributed by atoms with Crippen LogP contribution in [-0.2, 0) is 7.05 Å². The third kappa shape index (κ3) is 2.14. The first-order valence-corrected chi connectivity index (χ1v) is 6.37. The molecular weight excluding hydrogens is 248 g/mol. The predicted molar refractivity (Wildman–Crippen MR) is 68.5 cm³/mol. The van der Waals surface area contributed by atoms with E-state index in [0.717, 1.165) is 36.7 Å². The third-order valence-electron chi connectivity index (χ3n) is 3.61. The standard InChI is InChI=1S/C14H15F2N3/c1-19-14(13-3-2-6-17-13)10(8-18-19)9-4-5-11(15)12(16)7-9/h4-5,7-8,13,17H,2-3,6H2,1H3. The second kappa shape index (κ2) is 4.74. The molecule has 0 aliphatic carbocycles. The SMILES string of the molecule is Cn1ncc(-c2ccc(F)c(F)c2)c1C1CCCN1. The van der Waals surface area contributed by atoms with Gasteiger partial charge in [0.15, 0.2) is 11.6 Å². The van der Waals surface area contributed by atoms with Crippen molar-refractivity contribution in [3.63, 3.8) is 0 Å². The summed E-state index contributed by atoms with van der Waals surface area (Å²) in [4.78, 5) is 0. The summed E-state index contributed by atoms with van der Waals surface area (Å²) in [5.41, 5.74) is 2.56. The van der Waals surface area contributed by atoms with E-state index in [1.165, 1.54) is 6.07 Å². The van der Waals surface area contributed by atoms with Gasteiger partial charge in [-0.05, 0) is 37.1 Å². The highest BCUT2D eigenvalue weighted by molar-refractivity contribution is 5.66. The van der Waals surface area contributed by atoms with Crippen molar-refractivity contribution in [1.82, 2.24) is 15.1 Å². The third-order valence-corrected chi connectivity index (χ3v) is 3.61. The van der Waals surface area contributed by atoms with E-state index in [2.05, 4.69) is 10.4 Å². The van der Waals surface area contributed by atoms with Crippen molar-refractivity contribution < 1.29 is 8.78 Å². The van der Waals surface area contributed by atoms with Crippen molar-refractivity contribution in [2.24, 2.45) is 7.05 Å². The van der Waals surface area contributed by atoms with Gasteiger partial charge in [-0.1, -0.05) is 6.07 Å². The zero-order chi connectivity index (χ0) is 13.4. The topological polar surface area (TPSA) is 29.9 Å². The highest BCUT2D eigenvalue weighted by Crippen LogP contribution is 2.32. The lowest BCUT2D eigenvalue weighted by Gasteiger charge is -2.14. The van der Waals surface area contributed by atoms with Gasteiger partial charge >= 0.3 is 0 Å². The maximum Gasteiger partial charge on any atom is 0.159 e. The molecule has 1 N–H and O–H groups in total. The van der Waals surface area contributed by atoms with E-state index in [0.29, 0.717) is 5.56 Å². The lowest BCUT2D eigenvalue weighted by molar-refractivity contribution is 0.509. The van der Waals surface area contributed by atoms with Crippen molar-refractivity contribution in [3.05, 3.63) is 41.7 Å². The number of hydrogen-bond acceptors (Lipinski definition) is 2. The molecule has 0 radical (unpaired) electrons. The van der Waals surface area contributed by atoms with Gasteiger partial charge < -0.3 is 5.32 Å². The van der Waals surface area contributed by atoms with E-state index in [4.69, 9.17) is 0 Å². The largest absolute Gasteiger partial charge is 0.309 e. The number of aryl methyl sites for hydroxylation is 1. The Hall–Kier alpha value is -1.75. The first-order chi connectivity index (χ1) is 9.16. The van der Waals surface area contributed by atoms with Crippen LogP contribution in [0.1, 0.15) is 24.6 Å². The maximum absolute atomic E-state index is 13.4. The van der Waals surface area contributed by atoms with Crippen LogP contribution >= 0.6 is 0 Å². The summed E-state index contributed by atoms with van der Waals surface area (Å²) in [6.07, 6.45) is 3.87. The van der Waals surface area contributed by atoms with E-state index < -0.39 is 11.6 Å². The van der Waals surface area contributed by atoms with Gasteiger partial charge in [-0.15, -0.1) is 0 Å². The molecule has 1 atom stereocenters. The molecule has 1 saturated heterocycles. The van der Waals surface area contributed by atoms with E-state index in [9.17, 15) is 8.78 Å². The summed E-state index contributed by atoms with van der Waals surface area (Å²) in [7, 11) is 1.87. The Morgan fingerprint density at radius 3 is 2.84 bits per heavy atom. The second-order valence-corrected chi connectivity index (χ2v) is 4.84. The van der Waals surface area contributed by atoms with Crippen LogP contribution in [0.25, 0.3) is 11.1 Å². The molecule has 2 heterocycles. The highest BCUT2D eigenvalue weighted by atomic mass is 19.2. The van der Waals surface area contributed by atoms with Crippen LogP contribution in [0.2, 0.25) is 0 Å². The van der Waals surface area contributed by atoms with Crippen molar-refractivity contribution in [2.75, 3.05) is 6.54 Å². The number of benzene rings is 1. The zero-order valence-electron chi connectivity index (χ0n) is 10.7. The Labute approximate surface area is 110 Å². The Balaban J connectivity index is 2.07. The first-order valence-electron chi connectivity index (χ1n) is 6.37. The molecule has 1 aromatic heterocycles. The molecule has 1 aromatic carbocycles. The van der Waals surface area contributed by atoms with Crippen LogP contribution in [0.4, 0.5) is 8.78 Å². The predicted octanol–water partition coefficient (Wildman–Crippen LogP) is 2.79. The molecule has 1 aliphatic rings. The lowest BCUT2D eigenvalue weighted by Crippen LogP contribution is -2.17. The van der Waals surface area contributed by atoms with Crippen LogP contribution in [0.15, 0.2) is 24.4 Å². The van der Waals surface area contributed by atoms with Gasteiger partial charge in [0.25, 0.3) is 0 Å². The average Bonchev–Trinajstić information content (AvgIpc) is 3.01. The molecule has 19 heavy (non-hydrogen) atoms. The quantitative estimate of drug-likeness (QED) is 0.903. The van der Waals surface area contributed by atoms with Crippen LogP contribution in [0, 0.1) is 11.6 Å². The second-order valence-electron chi connectivity index (χ2n) is 4.84. The van der Waals surface area contributed by atoms with E-state index in [1.807, 2.05) is 7.05 Å². The van der Waals surface area contributed by atoms with Gasteiger partial charge in [0, 0.05) is 18.7 Å². The summed E-state index contributed by atoms with van der Waals surface area (Å²) in [6, 6.07) is 4.21. The molecular formula is C14H15F2N3. The molecule has 0 amide bonds. The molecule has 3 nitrogen and oxygen atoms in total. The summed E-state index contributed by atoms with van der Waals surface area (Å²) in [5.74, 6) is -1.65. The van der Waals surface area contributed by atoms with Crippen molar-refractivity contribution >= 4 is 0 Å². The fourth-order valence-electron chi connectivity index (χ4n) is 2.66. The van der Waals surface area contributed by atoms with Gasteiger partial charge in [0.1, 0.15) is 0 Å². The van der Waals surface area contributed by atoms with Crippen LogP contribution in [-0.4, -0.2) is 16.3 Å². The monoisotopic (exact) mass is 263 g/mol. The summed E-state index contributed by atoms with van der Waals surface area (Å²) in [6.45, 7) is 0.979. The number of rotatable bonds is 2. The lowest BCUT2D eigenvalue weighted by atomic mass is 10.0. The van der Waals surface area contributed by atoms with Crippen LogP contribution < -0.4 is 5.32 Å². The van der Waals surface area contributed by atoms with Gasteiger partial charge in [0.2, 0.25) is 0 Å². The Morgan fingerprint density at radius 2 is 2.16 bits per heavy atom. The minimum atomic E-state index is -0.827. The minimum Gasteiger partial charge on any atom is -0.309 e. The number of nitrogens with zero attached hydrogens (tertiary/aromatic N) is 2. The molecule has 0 bridgehead atoms. The molecule has 1 fully saturated rings. The summed E-state index contributed by atoms with van der Waals surface area (Å²) in [5, 5.41) is 7.66. The summed E-state index contributed by atoms with van der Waals surface area (Å²) >= 11 is 0. The Morgan fingerprint density at radius 1 is 1.32 bits per heavy atom. The van der Waals surface area contributed by atoms with Gasteiger partial charge in [0.05, 0.1) is 11.9 Å². The number of nitrogens with one attached hydrogen (secondary N) is 1. The zero-order valence-corrected chi connectivity index (χ0v) is 10.7. The highest BCUT2D eigenvalue weighted by Gasteiger charge is 2.23. The summed E-state index contributed by atoms with van der Waals surface area (Å²) < 4.78 is 28.2. The normalized spacial score (nSPS) is 19.0. The minimum absolute atomic E-state index is 0.232.